The van der Waals surface area contributed by atoms with E-state index < -0.39 is 0 Å². The molecule has 0 saturated heterocycles. The highest BCUT2D eigenvalue weighted by Gasteiger charge is 2.24. The maximum atomic E-state index is 13.1. The Labute approximate surface area is 156 Å². The van der Waals surface area contributed by atoms with E-state index in [4.69, 9.17) is 9.68 Å². The SMILES string of the molecule is Cc1sc(-c2ccco2)nc1C(=O)N(Cc1ccc(C#N)cc1)C(C)C. The Balaban J connectivity index is 1.86. The summed E-state index contributed by atoms with van der Waals surface area (Å²) in [6.45, 7) is 6.33. The molecule has 3 aromatic rings. The van der Waals surface area contributed by atoms with Gasteiger partial charge in [-0.15, -0.1) is 11.3 Å². The van der Waals surface area contributed by atoms with Gasteiger partial charge in [-0.05, 0) is 50.6 Å². The van der Waals surface area contributed by atoms with Crippen LogP contribution in [0.5, 0.6) is 0 Å². The number of nitriles is 1. The summed E-state index contributed by atoms with van der Waals surface area (Å²) in [5.74, 6) is 0.566. The fourth-order valence-electron chi connectivity index (χ4n) is 2.61. The number of nitrogens with zero attached hydrogens (tertiary/aromatic N) is 3. The van der Waals surface area contributed by atoms with Gasteiger partial charge >= 0.3 is 0 Å². The van der Waals surface area contributed by atoms with Gasteiger partial charge < -0.3 is 9.32 Å². The third-order valence-electron chi connectivity index (χ3n) is 4.05. The van der Waals surface area contributed by atoms with E-state index >= 15 is 0 Å². The highest BCUT2D eigenvalue weighted by molar-refractivity contribution is 7.15. The molecule has 0 spiro atoms. The molecule has 0 radical (unpaired) electrons. The van der Waals surface area contributed by atoms with Gasteiger partial charge in [0, 0.05) is 17.5 Å². The van der Waals surface area contributed by atoms with Crippen molar-refractivity contribution >= 4 is 17.2 Å². The maximum Gasteiger partial charge on any atom is 0.274 e. The van der Waals surface area contributed by atoms with Gasteiger partial charge in [0.15, 0.2) is 10.8 Å². The zero-order chi connectivity index (χ0) is 18.7. The van der Waals surface area contributed by atoms with Gasteiger partial charge in [-0.1, -0.05) is 12.1 Å². The molecule has 0 N–H and O–H groups in total. The molecule has 0 atom stereocenters. The molecule has 5 nitrogen and oxygen atoms in total. The number of benzene rings is 1. The summed E-state index contributed by atoms with van der Waals surface area (Å²) in [6, 6.07) is 13.1. The van der Waals surface area contributed by atoms with E-state index in [1.54, 1.807) is 29.4 Å². The fraction of sp³-hybridized carbons (Fsp3) is 0.250. The van der Waals surface area contributed by atoms with Crippen LogP contribution in [0.3, 0.4) is 0 Å². The van der Waals surface area contributed by atoms with E-state index in [1.165, 1.54) is 11.3 Å². The number of amides is 1. The number of aromatic nitrogens is 1. The van der Waals surface area contributed by atoms with Crippen LogP contribution in [0.1, 0.15) is 40.3 Å². The third kappa shape index (κ3) is 3.68. The quantitative estimate of drug-likeness (QED) is 0.661. The minimum atomic E-state index is -0.101. The standard InChI is InChI=1S/C20H19N3O2S/c1-13(2)23(12-16-8-6-15(11-21)7-9-16)20(24)18-14(3)26-19(22-18)17-5-4-10-25-17/h4-10,13H,12H2,1-3H3. The van der Waals surface area contributed by atoms with Gasteiger partial charge in [0.1, 0.15) is 5.69 Å². The largest absolute Gasteiger partial charge is 0.462 e. The second kappa shape index (κ2) is 7.54. The zero-order valence-electron chi connectivity index (χ0n) is 14.9. The van der Waals surface area contributed by atoms with Crippen LogP contribution in [0.2, 0.25) is 0 Å². The van der Waals surface area contributed by atoms with E-state index in [0.29, 0.717) is 28.6 Å². The first kappa shape index (κ1) is 17.9. The minimum Gasteiger partial charge on any atom is -0.462 e. The Kier molecular flexibility index (Phi) is 5.19. The van der Waals surface area contributed by atoms with Gasteiger partial charge in [-0.25, -0.2) is 4.98 Å². The lowest BCUT2D eigenvalue weighted by Gasteiger charge is -2.26. The number of furan rings is 1. The van der Waals surface area contributed by atoms with E-state index in [1.807, 2.05) is 39.0 Å². The summed E-state index contributed by atoms with van der Waals surface area (Å²) in [5.41, 5.74) is 2.04. The molecule has 0 aliphatic rings. The first-order chi connectivity index (χ1) is 12.5. The lowest BCUT2D eigenvalue weighted by atomic mass is 10.1. The molecule has 0 saturated carbocycles. The van der Waals surface area contributed by atoms with Crippen LogP contribution in [0.25, 0.3) is 10.8 Å². The van der Waals surface area contributed by atoms with E-state index in [-0.39, 0.29) is 11.9 Å². The normalized spacial score (nSPS) is 10.7. The predicted molar refractivity (Wildman–Crippen MR) is 101 cm³/mol. The topological polar surface area (TPSA) is 70.1 Å². The van der Waals surface area contributed by atoms with Crippen LogP contribution in [0, 0.1) is 18.3 Å². The molecule has 1 aromatic carbocycles. The van der Waals surface area contributed by atoms with Crippen LogP contribution in [-0.2, 0) is 6.54 Å². The van der Waals surface area contributed by atoms with Gasteiger partial charge in [0.2, 0.25) is 0 Å². The van der Waals surface area contributed by atoms with Crippen molar-refractivity contribution in [1.82, 2.24) is 9.88 Å². The number of aryl methyl sites for hydroxylation is 1. The van der Waals surface area contributed by atoms with Crippen molar-refractivity contribution in [3.05, 3.63) is 64.4 Å². The van der Waals surface area contributed by atoms with Crippen molar-refractivity contribution in [3.8, 4) is 16.8 Å². The van der Waals surface area contributed by atoms with Crippen molar-refractivity contribution in [2.75, 3.05) is 0 Å². The molecular weight excluding hydrogens is 346 g/mol. The molecule has 1 amide bonds. The number of thiazole rings is 1. The van der Waals surface area contributed by atoms with Gasteiger partial charge in [-0.2, -0.15) is 5.26 Å². The molecule has 2 aromatic heterocycles. The van der Waals surface area contributed by atoms with Crippen molar-refractivity contribution in [1.29, 1.82) is 5.26 Å². The summed E-state index contributed by atoms with van der Waals surface area (Å²) >= 11 is 1.45. The Morgan fingerprint density at radius 2 is 2.04 bits per heavy atom. The van der Waals surface area contributed by atoms with Crippen LogP contribution in [-0.4, -0.2) is 21.8 Å². The second-order valence-corrected chi connectivity index (χ2v) is 7.44. The van der Waals surface area contributed by atoms with Gasteiger partial charge in [0.05, 0.1) is 17.9 Å². The van der Waals surface area contributed by atoms with Gasteiger partial charge in [-0.3, -0.25) is 4.79 Å². The molecule has 6 heteroatoms. The summed E-state index contributed by atoms with van der Waals surface area (Å²) < 4.78 is 5.39. The smallest absolute Gasteiger partial charge is 0.274 e. The molecule has 26 heavy (non-hydrogen) atoms. The Hall–Kier alpha value is -2.91. The van der Waals surface area contributed by atoms with Crippen LogP contribution in [0.15, 0.2) is 47.1 Å². The summed E-state index contributed by atoms with van der Waals surface area (Å²) in [6.07, 6.45) is 1.60. The number of carbonyl (C=O) groups excluding carboxylic acids is 1. The average Bonchev–Trinajstić information content (AvgIpc) is 3.29. The molecule has 132 valence electrons. The molecule has 0 aliphatic heterocycles. The molecule has 0 unspecified atom stereocenters. The summed E-state index contributed by atoms with van der Waals surface area (Å²) in [7, 11) is 0. The lowest BCUT2D eigenvalue weighted by Crippen LogP contribution is -2.36. The number of hydrogen-bond acceptors (Lipinski definition) is 5. The maximum absolute atomic E-state index is 13.1. The van der Waals surface area contributed by atoms with Crippen LogP contribution in [0.4, 0.5) is 0 Å². The van der Waals surface area contributed by atoms with E-state index in [0.717, 1.165) is 10.4 Å². The third-order valence-corrected chi connectivity index (χ3v) is 5.04. The molecule has 0 aliphatic carbocycles. The molecule has 0 bridgehead atoms. The van der Waals surface area contributed by atoms with Crippen molar-refractivity contribution in [3.63, 3.8) is 0 Å². The van der Waals surface area contributed by atoms with E-state index in [9.17, 15) is 4.79 Å². The number of rotatable bonds is 5. The minimum absolute atomic E-state index is 0.0197. The highest BCUT2D eigenvalue weighted by Crippen LogP contribution is 2.29. The zero-order valence-corrected chi connectivity index (χ0v) is 15.7. The predicted octanol–water partition coefficient (Wildman–Crippen LogP) is 4.63. The molecule has 3 rings (SSSR count). The number of carbonyl (C=O) groups is 1. The summed E-state index contributed by atoms with van der Waals surface area (Å²) in [4.78, 5) is 20.3. The number of hydrogen-bond donors (Lipinski definition) is 0. The molecular formula is C20H19N3O2S. The highest BCUT2D eigenvalue weighted by atomic mass is 32.1. The first-order valence-electron chi connectivity index (χ1n) is 8.31. The van der Waals surface area contributed by atoms with E-state index in [2.05, 4.69) is 11.1 Å². The van der Waals surface area contributed by atoms with Crippen LogP contribution >= 0.6 is 11.3 Å². The average molecular weight is 365 g/mol. The van der Waals surface area contributed by atoms with Crippen LogP contribution < -0.4 is 0 Å². The fourth-order valence-corrected chi connectivity index (χ4v) is 3.48. The van der Waals surface area contributed by atoms with Gasteiger partial charge in [0.25, 0.3) is 5.91 Å². The lowest BCUT2D eigenvalue weighted by molar-refractivity contribution is 0.0684. The van der Waals surface area contributed by atoms with Crippen molar-refractivity contribution in [2.24, 2.45) is 0 Å². The Morgan fingerprint density at radius 1 is 1.31 bits per heavy atom. The molecule has 2 heterocycles. The molecule has 0 fully saturated rings. The van der Waals surface area contributed by atoms with Crippen molar-refractivity contribution in [2.45, 2.75) is 33.4 Å². The summed E-state index contributed by atoms with van der Waals surface area (Å²) in [5, 5.41) is 9.62. The second-order valence-electron chi connectivity index (χ2n) is 6.24. The monoisotopic (exact) mass is 365 g/mol. The Bertz CT molecular complexity index is 935. The first-order valence-corrected chi connectivity index (χ1v) is 9.12. The van der Waals surface area contributed by atoms with Crippen molar-refractivity contribution < 1.29 is 9.21 Å². The Morgan fingerprint density at radius 3 is 2.62 bits per heavy atom.